The molecule has 0 amide bonds. The van der Waals surface area contributed by atoms with Crippen LogP contribution < -0.4 is 0 Å². The van der Waals surface area contributed by atoms with Gasteiger partial charge in [0.2, 0.25) is 0 Å². The van der Waals surface area contributed by atoms with Gasteiger partial charge >= 0.3 is 5.97 Å². The Morgan fingerprint density at radius 3 is 2.25 bits per heavy atom. The number of nitrogens with zero attached hydrogens (tertiary/aromatic N) is 1. The molecule has 0 rings (SSSR count). The summed E-state index contributed by atoms with van der Waals surface area (Å²) < 4.78 is 4.82. The molecule has 0 bridgehead atoms. The molecule has 0 aliphatic heterocycles. The summed E-state index contributed by atoms with van der Waals surface area (Å²) >= 11 is 0. The van der Waals surface area contributed by atoms with Crippen LogP contribution in [0.3, 0.4) is 0 Å². The van der Waals surface area contributed by atoms with Crippen molar-refractivity contribution in [2.24, 2.45) is 0 Å². The molecule has 0 saturated carbocycles. The molecule has 0 N–H and O–H groups in total. The van der Waals surface area contributed by atoms with E-state index in [1.54, 1.807) is 0 Å². The number of carbonyl (C=O) groups excluding carboxylic acids is 1. The minimum atomic E-state index is -0.0931. The third-order valence-electron chi connectivity index (χ3n) is 1.83. The second-order valence-electron chi connectivity index (χ2n) is 2.58. The number of carbonyl (C=O) groups is 1. The zero-order valence-corrected chi connectivity index (χ0v) is 8.30. The maximum absolute atomic E-state index is 10.9. The molecule has 0 aromatic heterocycles. The summed E-state index contributed by atoms with van der Waals surface area (Å²) in [7, 11) is 0. The molecule has 12 heavy (non-hydrogen) atoms. The largest absolute Gasteiger partial charge is 0.466 e. The van der Waals surface area contributed by atoms with Crippen molar-refractivity contribution < 1.29 is 9.53 Å². The minimum Gasteiger partial charge on any atom is -0.466 e. The zero-order valence-electron chi connectivity index (χ0n) is 8.30. The molecular formula is C9H19NO2. The van der Waals surface area contributed by atoms with Crippen LogP contribution in [0.4, 0.5) is 0 Å². The molecule has 0 aromatic carbocycles. The van der Waals surface area contributed by atoms with Crippen molar-refractivity contribution in [1.82, 2.24) is 4.90 Å². The van der Waals surface area contributed by atoms with Crippen molar-refractivity contribution in [3.05, 3.63) is 0 Å². The molecule has 0 aliphatic carbocycles. The van der Waals surface area contributed by atoms with E-state index in [4.69, 9.17) is 4.74 Å². The highest BCUT2D eigenvalue weighted by molar-refractivity contribution is 5.69. The van der Waals surface area contributed by atoms with Gasteiger partial charge in [-0.15, -0.1) is 0 Å². The fourth-order valence-corrected chi connectivity index (χ4v) is 1.02. The summed E-state index contributed by atoms with van der Waals surface area (Å²) in [5, 5.41) is 0. The van der Waals surface area contributed by atoms with Gasteiger partial charge in [-0.05, 0) is 20.0 Å². The summed E-state index contributed by atoms with van der Waals surface area (Å²) in [5.74, 6) is -0.0931. The minimum absolute atomic E-state index is 0.0931. The zero-order chi connectivity index (χ0) is 9.40. The fourth-order valence-electron chi connectivity index (χ4n) is 1.02. The van der Waals surface area contributed by atoms with Gasteiger partial charge in [0, 0.05) is 6.54 Å². The van der Waals surface area contributed by atoms with Crippen LogP contribution in [0.1, 0.15) is 27.2 Å². The van der Waals surface area contributed by atoms with E-state index < -0.39 is 0 Å². The maximum atomic E-state index is 10.9. The Kier molecular flexibility index (Phi) is 6.76. The lowest BCUT2D eigenvalue weighted by molar-refractivity contribution is -0.143. The van der Waals surface area contributed by atoms with Crippen molar-refractivity contribution in [3.63, 3.8) is 0 Å². The van der Waals surface area contributed by atoms with Crippen LogP contribution in [0, 0.1) is 0 Å². The van der Waals surface area contributed by atoms with Crippen molar-refractivity contribution in [2.45, 2.75) is 27.2 Å². The summed E-state index contributed by atoms with van der Waals surface area (Å²) in [6.45, 7) is 9.30. The van der Waals surface area contributed by atoms with Gasteiger partial charge in [0.1, 0.15) is 0 Å². The van der Waals surface area contributed by atoms with Crippen LogP contribution in [0.25, 0.3) is 0 Å². The van der Waals surface area contributed by atoms with E-state index in [1.807, 2.05) is 6.92 Å². The molecule has 0 spiro atoms. The molecular weight excluding hydrogens is 154 g/mol. The molecule has 72 valence electrons. The lowest BCUT2D eigenvalue weighted by Crippen LogP contribution is -2.26. The summed E-state index contributed by atoms with van der Waals surface area (Å²) in [6, 6.07) is 0. The molecule has 0 aromatic rings. The van der Waals surface area contributed by atoms with E-state index in [9.17, 15) is 4.79 Å². The van der Waals surface area contributed by atoms with Gasteiger partial charge in [0.25, 0.3) is 0 Å². The van der Waals surface area contributed by atoms with Crippen LogP contribution in [0.5, 0.6) is 0 Å². The Bertz CT molecular complexity index is 122. The first-order chi connectivity index (χ1) is 5.74. The number of rotatable bonds is 6. The Hall–Kier alpha value is -0.570. The smallest absolute Gasteiger partial charge is 0.307 e. The van der Waals surface area contributed by atoms with Gasteiger partial charge in [-0.2, -0.15) is 0 Å². The maximum Gasteiger partial charge on any atom is 0.307 e. The SMILES string of the molecule is CCOC(=O)CCN(CC)CC. The average Bonchev–Trinajstić information content (AvgIpc) is 2.07. The first-order valence-electron chi connectivity index (χ1n) is 4.62. The molecule has 0 saturated heterocycles. The molecule has 3 nitrogen and oxygen atoms in total. The van der Waals surface area contributed by atoms with Crippen molar-refractivity contribution in [3.8, 4) is 0 Å². The predicted octanol–water partition coefficient (Wildman–Crippen LogP) is 1.28. The number of hydrogen-bond acceptors (Lipinski definition) is 3. The van der Waals surface area contributed by atoms with E-state index >= 15 is 0 Å². The first kappa shape index (κ1) is 11.4. The lowest BCUT2D eigenvalue weighted by Gasteiger charge is -2.16. The Morgan fingerprint density at radius 1 is 1.25 bits per heavy atom. The first-order valence-corrected chi connectivity index (χ1v) is 4.62. The van der Waals surface area contributed by atoms with Crippen LogP contribution in [-0.4, -0.2) is 37.1 Å². The molecule has 0 aliphatic rings. The molecule has 0 heterocycles. The second kappa shape index (κ2) is 7.10. The summed E-state index contributed by atoms with van der Waals surface area (Å²) in [6.07, 6.45) is 0.509. The Labute approximate surface area is 74.7 Å². The third kappa shape index (κ3) is 5.13. The molecule has 0 fully saturated rings. The van der Waals surface area contributed by atoms with E-state index in [0.29, 0.717) is 13.0 Å². The molecule has 0 unspecified atom stereocenters. The van der Waals surface area contributed by atoms with E-state index in [1.165, 1.54) is 0 Å². The number of hydrogen-bond donors (Lipinski definition) is 0. The Morgan fingerprint density at radius 2 is 1.83 bits per heavy atom. The average molecular weight is 173 g/mol. The molecule has 3 heteroatoms. The summed E-state index contributed by atoms with van der Waals surface area (Å²) in [4.78, 5) is 13.1. The van der Waals surface area contributed by atoms with Crippen LogP contribution >= 0.6 is 0 Å². The van der Waals surface area contributed by atoms with Gasteiger partial charge in [-0.25, -0.2) is 0 Å². The second-order valence-corrected chi connectivity index (χ2v) is 2.58. The van der Waals surface area contributed by atoms with Gasteiger partial charge < -0.3 is 9.64 Å². The van der Waals surface area contributed by atoms with Crippen molar-refractivity contribution in [1.29, 1.82) is 0 Å². The normalized spacial score (nSPS) is 10.3. The topological polar surface area (TPSA) is 29.5 Å². The van der Waals surface area contributed by atoms with Gasteiger partial charge in [-0.1, -0.05) is 13.8 Å². The fraction of sp³-hybridized carbons (Fsp3) is 0.889. The predicted molar refractivity (Wildman–Crippen MR) is 49.0 cm³/mol. The highest BCUT2D eigenvalue weighted by atomic mass is 16.5. The van der Waals surface area contributed by atoms with Crippen molar-refractivity contribution >= 4 is 5.97 Å². The van der Waals surface area contributed by atoms with E-state index in [0.717, 1.165) is 19.6 Å². The van der Waals surface area contributed by atoms with Gasteiger partial charge in [0.05, 0.1) is 13.0 Å². The molecule has 0 atom stereocenters. The van der Waals surface area contributed by atoms with E-state index in [-0.39, 0.29) is 5.97 Å². The van der Waals surface area contributed by atoms with Crippen LogP contribution in [0.2, 0.25) is 0 Å². The van der Waals surface area contributed by atoms with Crippen LogP contribution in [-0.2, 0) is 9.53 Å². The quantitative estimate of drug-likeness (QED) is 0.567. The molecule has 0 radical (unpaired) electrons. The number of esters is 1. The third-order valence-corrected chi connectivity index (χ3v) is 1.83. The monoisotopic (exact) mass is 173 g/mol. The highest BCUT2D eigenvalue weighted by Gasteiger charge is 2.04. The van der Waals surface area contributed by atoms with Gasteiger partial charge in [0.15, 0.2) is 0 Å². The Balaban J connectivity index is 3.44. The van der Waals surface area contributed by atoms with E-state index in [2.05, 4.69) is 18.7 Å². The van der Waals surface area contributed by atoms with Crippen molar-refractivity contribution in [2.75, 3.05) is 26.2 Å². The highest BCUT2D eigenvalue weighted by Crippen LogP contribution is 1.92. The number of ether oxygens (including phenoxy) is 1. The summed E-state index contributed by atoms with van der Waals surface area (Å²) in [5.41, 5.74) is 0. The lowest BCUT2D eigenvalue weighted by atomic mass is 10.4. The van der Waals surface area contributed by atoms with Crippen LogP contribution in [0.15, 0.2) is 0 Å². The standard InChI is InChI=1S/C9H19NO2/c1-4-10(5-2)8-7-9(11)12-6-3/h4-8H2,1-3H3. The van der Waals surface area contributed by atoms with Gasteiger partial charge in [-0.3, -0.25) is 4.79 Å².